The lowest BCUT2D eigenvalue weighted by Gasteiger charge is -2.11. The number of nitriles is 1. The van der Waals surface area contributed by atoms with Gasteiger partial charge in [0, 0.05) is 11.1 Å². The van der Waals surface area contributed by atoms with Gasteiger partial charge in [-0.15, -0.1) is 0 Å². The summed E-state index contributed by atoms with van der Waals surface area (Å²) in [4.78, 5) is 11.6. The molecule has 0 saturated heterocycles. The van der Waals surface area contributed by atoms with Gasteiger partial charge in [-0.2, -0.15) is 5.26 Å². The molecule has 0 aromatic heterocycles. The van der Waals surface area contributed by atoms with Crippen molar-refractivity contribution < 1.29 is 9.53 Å². The second-order valence-corrected chi connectivity index (χ2v) is 4.84. The number of Topliss-reactive ketones (excluding diaryl/α,β-unsaturated/α-hetero) is 1. The van der Waals surface area contributed by atoms with E-state index in [1.165, 1.54) is 5.56 Å². The molecule has 0 saturated carbocycles. The Labute approximate surface area is 124 Å². The zero-order valence-corrected chi connectivity index (χ0v) is 12.2. The zero-order chi connectivity index (χ0) is 15.2. The first kappa shape index (κ1) is 14.8. The van der Waals surface area contributed by atoms with Crippen molar-refractivity contribution >= 4 is 5.78 Å². The van der Waals surface area contributed by atoms with Crippen LogP contribution in [-0.2, 0) is 13.0 Å². The predicted molar refractivity (Wildman–Crippen MR) is 81.3 cm³/mol. The lowest BCUT2D eigenvalue weighted by atomic mass is 10.0. The third kappa shape index (κ3) is 3.49. The van der Waals surface area contributed by atoms with E-state index < -0.39 is 5.78 Å². The van der Waals surface area contributed by atoms with Crippen LogP contribution in [0.1, 0.15) is 34.0 Å². The van der Waals surface area contributed by atoms with Gasteiger partial charge in [0.25, 0.3) is 5.78 Å². The van der Waals surface area contributed by atoms with Crippen molar-refractivity contribution in [3.05, 3.63) is 64.7 Å². The van der Waals surface area contributed by atoms with E-state index in [0.29, 0.717) is 5.56 Å². The predicted octanol–water partition coefficient (Wildman–Crippen LogP) is 3.84. The Balaban J connectivity index is 2.17. The number of nitrogens with zero attached hydrogens (tertiary/aromatic N) is 1. The fraction of sp³-hybridized carbons (Fsp3) is 0.222. The number of hydrogen-bond donors (Lipinski definition) is 0. The van der Waals surface area contributed by atoms with Gasteiger partial charge in [0.1, 0.15) is 18.4 Å². The average Bonchev–Trinajstić information content (AvgIpc) is 2.53. The first-order valence-electron chi connectivity index (χ1n) is 6.90. The summed E-state index contributed by atoms with van der Waals surface area (Å²) in [5.74, 6) is 0.263. The third-order valence-corrected chi connectivity index (χ3v) is 3.39. The van der Waals surface area contributed by atoms with Crippen molar-refractivity contribution in [2.24, 2.45) is 0 Å². The molecule has 2 rings (SSSR count). The van der Waals surface area contributed by atoms with Gasteiger partial charge in [0.05, 0.1) is 0 Å². The minimum Gasteiger partial charge on any atom is -0.489 e. The number of benzene rings is 2. The van der Waals surface area contributed by atoms with Crippen LogP contribution in [0.5, 0.6) is 5.75 Å². The Bertz CT molecular complexity index is 699. The first-order valence-corrected chi connectivity index (χ1v) is 6.90. The zero-order valence-electron chi connectivity index (χ0n) is 12.2. The monoisotopic (exact) mass is 279 g/mol. The molecule has 0 aliphatic rings. The molecule has 0 unspecified atom stereocenters. The van der Waals surface area contributed by atoms with Crippen LogP contribution in [0.2, 0.25) is 0 Å². The van der Waals surface area contributed by atoms with Crippen molar-refractivity contribution in [1.82, 2.24) is 0 Å². The minimum absolute atomic E-state index is 0.274. The molecule has 0 heterocycles. The molecule has 0 fully saturated rings. The number of aryl methyl sites for hydroxylation is 2. The lowest BCUT2D eigenvalue weighted by Crippen LogP contribution is -2.05. The molecule has 0 N–H and O–H groups in total. The van der Waals surface area contributed by atoms with Gasteiger partial charge in [-0.3, -0.25) is 4.79 Å². The van der Waals surface area contributed by atoms with E-state index in [-0.39, 0.29) is 6.61 Å². The Morgan fingerprint density at radius 3 is 2.67 bits per heavy atom. The molecular weight excluding hydrogens is 262 g/mol. The van der Waals surface area contributed by atoms with E-state index in [1.807, 2.05) is 25.1 Å². The fourth-order valence-electron chi connectivity index (χ4n) is 2.18. The van der Waals surface area contributed by atoms with Gasteiger partial charge >= 0.3 is 0 Å². The van der Waals surface area contributed by atoms with Crippen LogP contribution in [0.25, 0.3) is 0 Å². The summed E-state index contributed by atoms with van der Waals surface area (Å²) in [6.07, 6.45) is 0.987. The highest BCUT2D eigenvalue weighted by molar-refractivity contribution is 6.08. The topological polar surface area (TPSA) is 50.1 Å². The quantitative estimate of drug-likeness (QED) is 0.617. The highest BCUT2D eigenvalue weighted by atomic mass is 16.5. The number of rotatable bonds is 5. The Kier molecular flexibility index (Phi) is 4.73. The Morgan fingerprint density at radius 2 is 2.00 bits per heavy atom. The normalized spacial score (nSPS) is 9.95. The molecule has 3 heteroatoms. The van der Waals surface area contributed by atoms with E-state index in [9.17, 15) is 4.79 Å². The van der Waals surface area contributed by atoms with Crippen LogP contribution in [0.15, 0.2) is 42.5 Å². The summed E-state index contributed by atoms with van der Waals surface area (Å²) in [6.45, 7) is 4.38. The summed E-state index contributed by atoms with van der Waals surface area (Å²) in [5, 5.41) is 8.76. The van der Waals surface area contributed by atoms with E-state index in [4.69, 9.17) is 10.00 Å². The number of hydrogen-bond acceptors (Lipinski definition) is 3. The van der Waals surface area contributed by atoms with E-state index in [1.54, 1.807) is 24.3 Å². The molecule has 0 aliphatic carbocycles. The van der Waals surface area contributed by atoms with Gasteiger partial charge in [0.15, 0.2) is 0 Å². The molecule has 0 atom stereocenters. The number of carbonyl (C=O) groups is 1. The summed E-state index contributed by atoms with van der Waals surface area (Å²) in [5.41, 5.74) is 3.46. The van der Waals surface area contributed by atoms with Crippen molar-refractivity contribution in [3.63, 3.8) is 0 Å². The molecule has 0 aliphatic heterocycles. The molecule has 2 aromatic carbocycles. The summed E-state index contributed by atoms with van der Waals surface area (Å²) < 4.78 is 5.80. The number of ether oxygens (including phenoxy) is 1. The maximum atomic E-state index is 11.6. The fourth-order valence-corrected chi connectivity index (χ4v) is 2.18. The molecule has 0 radical (unpaired) electrons. The molecule has 3 nitrogen and oxygen atoms in total. The largest absolute Gasteiger partial charge is 0.489 e. The molecule has 106 valence electrons. The third-order valence-electron chi connectivity index (χ3n) is 3.39. The van der Waals surface area contributed by atoms with E-state index >= 15 is 0 Å². The number of ketones is 1. The van der Waals surface area contributed by atoms with Gasteiger partial charge in [0.2, 0.25) is 0 Å². The second kappa shape index (κ2) is 6.71. The van der Waals surface area contributed by atoms with Gasteiger partial charge in [-0.25, -0.2) is 0 Å². The molecule has 0 bridgehead atoms. The van der Waals surface area contributed by atoms with Gasteiger partial charge in [-0.05, 0) is 36.6 Å². The highest BCUT2D eigenvalue weighted by Gasteiger charge is 2.10. The van der Waals surface area contributed by atoms with E-state index in [0.717, 1.165) is 23.3 Å². The van der Waals surface area contributed by atoms with Gasteiger partial charge < -0.3 is 4.74 Å². The maximum absolute atomic E-state index is 11.6. The minimum atomic E-state index is -0.535. The summed E-state index contributed by atoms with van der Waals surface area (Å²) in [7, 11) is 0. The second-order valence-electron chi connectivity index (χ2n) is 4.84. The Morgan fingerprint density at radius 1 is 1.24 bits per heavy atom. The highest BCUT2D eigenvalue weighted by Crippen LogP contribution is 2.21. The SMILES string of the molecule is CCc1ccc(OCc2ccccc2C(=O)C#N)c(C)c1. The van der Waals surface area contributed by atoms with Crippen molar-refractivity contribution in [2.45, 2.75) is 26.9 Å². The van der Waals surface area contributed by atoms with Crippen LogP contribution in [0.4, 0.5) is 0 Å². The molecular formula is C18H17NO2. The Hall–Kier alpha value is -2.60. The van der Waals surface area contributed by atoms with Crippen molar-refractivity contribution in [3.8, 4) is 11.8 Å². The van der Waals surface area contributed by atoms with Crippen molar-refractivity contribution in [2.75, 3.05) is 0 Å². The summed E-state index contributed by atoms with van der Waals surface area (Å²) >= 11 is 0. The van der Waals surface area contributed by atoms with Gasteiger partial charge in [-0.1, -0.05) is 37.3 Å². The van der Waals surface area contributed by atoms with Crippen molar-refractivity contribution in [1.29, 1.82) is 5.26 Å². The van der Waals surface area contributed by atoms with E-state index in [2.05, 4.69) is 13.0 Å². The number of carbonyl (C=O) groups excluding carboxylic acids is 1. The van der Waals surface area contributed by atoms with Crippen LogP contribution in [0, 0.1) is 18.3 Å². The molecule has 2 aromatic rings. The summed E-state index contributed by atoms with van der Waals surface area (Å²) in [6, 6.07) is 14.8. The average molecular weight is 279 g/mol. The molecule has 0 amide bonds. The lowest BCUT2D eigenvalue weighted by molar-refractivity contribution is 0.105. The standard InChI is InChI=1S/C18H17NO2/c1-3-14-8-9-18(13(2)10-14)21-12-15-6-4-5-7-16(15)17(20)11-19/h4-10H,3,12H2,1-2H3. The maximum Gasteiger partial charge on any atom is 0.262 e. The van der Waals surface area contributed by atoms with Crippen LogP contribution >= 0.6 is 0 Å². The van der Waals surface area contributed by atoms with Crippen LogP contribution in [0.3, 0.4) is 0 Å². The molecule has 0 spiro atoms. The first-order chi connectivity index (χ1) is 10.2. The molecule has 21 heavy (non-hydrogen) atoms. The van der Waals surface area contributed by atoms with Crippen LogP contribution < -0.4 is 4.74 Å². The smallest absolute Gasteiger partial charge is 0.262 e. The van der Waals surface area contributed by atoms with Crippen LogP contribution in [-0.4, -0.2) is 5.78 Å².